The van der Waals surface area contributed by atoms with Crippen LogP contribution >= 0.6 is 11.3 Å². The summed E-state index contributed by atoms with van der Waals surface area (Å²) in [4.78, 5) is 3.20. The lowest BCUT2D eigenvalue weighted by atomic mass is 10.2. The van der Waals surface area contributed by atoms with E-state index in [-0.39, 0.29) is 0 Å². The summed E-state index contributed by atoms with van der Waals surface area (Å²) in [6, 6.07) is 9.03. The Morgan fingerprint density at radius 1 is 1.24 bits per heavy atom. The molecule has 1 aliphatic heterocycles. The van der Waals surface area contributed by atoms with Gasteiger partial charge in [-0.25, -0.2) is 8.42 Å². The monoisotopic (exact) mass is 382 g/mol. The Hall–Kier alpha value is -1.77. The summed E-state index contributed by atoms with van der Waals surface area (Å²) in [6.07, 6.45) is 0.815. The van der Waals surface area contributed by atoms with E-state index in [0.29, 0.717) is 28.9 Å². The zero-order valence-corrected chi connectivity index (χ0v) is 16.0. The molecule has 136 valence electrons. The highest BCUT2D eigenvalue weighted by atomic mass is 32.2. The molecule has 0 aliphatic carbocycles. The van der Waals surface area contributed by atoms with Crippen LogP contribution in [0.3, 0.4) is 0 Å². The Bertz CT molecular complexity index is 827. The van der Waals surface area contributed by atoms with Gasteiger partial charge in [0.2, 0.25) is 0 Å². The van der Waals surface area contributed by atoms with E-state index in [1.54, 1.807) is 12.1 Å². The first-order valence-electron chi connectivity index (χ1n) is 8.15. The zero-order chi connectivity index (χ0) is 17.9. The van der Waals surface area contributed by atoms with Gasteiger partial charge >= 0.3 is 0 Å². The number of methoxy groups -OCH3 is 1. The number of benzene rings is 1. The average molecular weight is 383 g/mol. The van der Waals surface area contributed by atoms with Crippen molar-refractivity contribution >= 4 is 32.7 Å². The molecule has 3 rings (SSSR count). The van der Waals surface area contributed by atoms with Crippen molar-refractivity contribution in [1.82, 2.24) is 0 Å². The summed E-state index contributed by atoms with van der Waals surface area (Å²) in [5, 5.41) is 0. The lowest BCUT2D eigenvalue weighted by Gasteiger charge is -2.29. The zero-order valence-electron chi connectivity index (χ0n) is 14.3. The van der Waals surface area contributed by atoms with Crippen molar-refractivity contribution < 1.29 is 17.9 Å². The summed E-state index contributed by atoms with van der Waals surface area (Å²) >= 11 is 1.29. The van der Waals surface area contributed by atoms with Crippen molar-refractivity contribution in [2.45, 2.75) is 17.6 Å². The van der Waals surface area contributed by atoms with Crippen LogP contribution in [0, 0.1) is 0 Å². The number of ether oxygens (including phenoxy) is 2. The summed E-state index contributed by atoms with van der Waals surface area (Å²) in [6.45, 7) is 4.90. The molecule has 0 amide bonds. The van der Waals surface area contributed by atoms with Crippen LogP contribution in [-0.2, 0) is 21.2 Å². The van der Waals surface area contributed by atoms with Gasteiger partial charge in [-0.15, -0.1) is 11.3 Å². The Morgan fingerprint density at radius 3 is 2.64 bits per heavy atom. The number of nitrogens with one attached hydrogen (secondary N) is 1. The SMILES string of the molecule is CCc1ccc(S(=O)(=O)Nc2cc(N3CCOCC3)ccc2OC)s1. The maximum atomic E-state index is 12.7. The quantitative estimate of drug-likeness (QED) is 0.832. The number of rotatable bonds is 6. The highest BCUT2D eigenvalue weighted by Gasteiger charge is 2.20. The lowest BCUT2D eigenvalue weighted by molar-refractivity contribution is 0.122. The van der Waals surface area contributed by atoms with E-state index in [1.165, 1.54) is 18.4 Å². The van der Waals surface area contributed by atoms with Crippen LogP contribution < -0.4 is 14.4 Å². The predicted molar refractivity (Wildman–Crippen MR) is 101 cm³/mol. The van der Waals surface area contributed by atoms with Gasteiger partial charge in [0.1, 0.15) is 9.96 Å². The molecule has 6 nitrogen and oxygen atoms in total. The van der Waals surface area contributed by atoms with Crippen molar-refractivity contribution in [3.63, 3.8) is 0 Å². The third-order valence-electron chi connectivity index (χ3n) is 4.05. The molecule has 2 aromatic rings. The molecular formula is C17H22N2O4S2. The summed E-state index contributed by atoms with van der Waals surface area (Å²) < 4.78 is 39.1. The molecule has 1 saturated heterocycles. The number of morpholine rings is 1. The maximum absolute atomic E-state index is 12.7. The Kier molecular flexibility index (Phi) is 5.51. The standard InChI is InChI=1S/C17H22N2O4S2/c1-3-14-5-7-17(24-14)25(20,21)18-15-12-13(4-6-16(15)22-2)19-8-10-23-11-9-19/h4-7,12,18H,3,8-11H2,1-2H3. The van der Waals surface area contributed by atoms with Crippen LogP contribution in [0.4, 0.5) is 11.4 Å². The molecule has 0 atom stereocenters. The fourth-order valence-electron chi connectivity index (χ4n) is 2.68. The summed E-state index contributed by atoms with van der Waals surface area (Å²) in [7, 11) is -2.11. The summed E-state index contributed by atoms with van der Waals surface area (Å²) in [5.74, 6) is 0.493. The summed E-state index contributed by atoms with van der Waals surface area (Å²) in [5.41, 5.74) is 1.39. The molecule has 1 aliphatic rings. The molecule has 2 heterocycles. The molecule has 1 N–H and O–H groups in total. The van der Waals surface area contributed by atoms with Crippen molar-refractivity contribution in [3.8, 4) is 5.75 Å². The van der Waals surface area contributed by atoms with Gasteiger partial charge in [0.05, 0.1) is 26.0 Å². The topological polar surface area (TPSA) is 67.9 Å². The van der Waals surface area contributed by atoms with Gasteiger partial charge in [-0.2, -0.15) is 0 Å². The molecule has 1 aromatic heterocycles. The molecule has 1 fully saturated rings. The highest BCUT2D eigenvalue weighted by molar-refractivity contribution is 7.94. The van der Waals surface area contributed by atoms with E-state index in [4.69, 9.17) is 9.47 Å². The molecular weight excluding hydrogens is 360 g/mol. The number of hydrogen-bond acceptors (Lipinski definition) is 6. The molecule has 8 heteroatoms. The largest absolute Gasteiger partial charge is 0.495 e. The van der Waals surface area contributed by atoms with Crippen molar-refractivity contribution in [2.75, 3.05) is 43.0 Å². The van der Waals surface area contributed by atoms with Crippen molar-refractivity contribution in [2.24, 2.45) is 0 Å². The molecule has 0 unspecified atom stereocenters. The minimum absolute atomic E-state index is 0.308. The molecule has 1 aromatic carbocycles. The van der Waals surface area contributed by atoms with E-state index in [2.05, 4.69) is 9.62 Å². The lowest BCUT2D eigenvalue weighted by Crippen LogP contribution is -2.36. The van der Waals surface area contributed by atoms with Crippen molar-refractivity contribution in [3.05, 3.63) is 35.2 Å². The van der Waals surface area contributed by atoms with Gasteiger partial charge in [0.25, 0.3) is 10.0 Å². The minimum atomic E-state index is -3.64. The van der Waals surface area contributed by atoms with Crippen LogP contribution in [0.1, 0.15) is 11.8 Å². The fourth-order valence-corrected chi connectivity index (χ4v) is 5.04. The second kappa shape index (κ2) is 7.63. The van der Waals surface area contributed by atoms with E-state index in [0.717, 1.165) is 30.1 Å². The van der Waals surface area contributed by atoms with E-state index < -0.39 is 10.0 Å². The van der Waals surface area contributed by atoms with Gasteiger partial charge in [-0.1, -0.05) is 6.92 Å². The number of thiophene rings is 1. The molecule has 25 heavy (non-hydrogen) atoms. The van der Waals surface area contributed by atoms with Gasteiger partial charge in [-0.05, 0) is 36.8 Å². The number of hydrogen-bond donors (Lipinski definition) is 1. The second-order valence-corrected chi connectivity index (χ2v) is 8.74. The second-order valence-electron chi connectivity index (χ2n) is 5.66. The van der Waals surface area contributed by atoms with Crippen LogP contribution in [0.5, 0.6) is 5.75 Å². The third-order valence-corrected chi connectivity index (χ3v) is 7.14. The predicted octanol–water partition coefficient (Wildman–Crippen LogP) is 2.96. The average Bonchev–Trinajstić information content (AvgIpc) is 3.12. The van der Waals surface area contributed by atoms with Crippen LogP contribution in [0.25, 0.3) is 0 Å². The first-order chi connectivity index (χ1) is 12.0. The first kappa shape index (κ1) is 18.0. The van der Waals surface area contributed by atoms with Crippen molar-refractivity contribution in [1.29, 1.82) is 0 Å². The minimum Gasteiger partial charge on any atom is -0.495 e. The number of anilines is 2. The first-order valence-corrected chi connectivity index (χ1v) is 10.5. The molecule has 0 spiro atoms. The maximum Gasteiger partial charge on any atom is 0.271 e. The van der Waals surface area contributed by atoms with E-state index in [9.17, 15) is 8.42 Å². The van der Waals surface area contributed by atoms with Crippen LogP contribution in [0.2, 0.25) is 0 Å². The van der Waals surface area contributed by atoms with Crippen LogP contribution in [-0.4, -0.2) is 41.8 Å². The molecule has 0 bridgehead atoms. The fraction of sp³-hybridized carbons (Fsp3) is 0.412. The van der Waals surface area contributed by atoms with E-state index >= 15 is 0 Å². The normalized spacial score (nSPS) is 15.2. The van der Waals surface area contributed by atoms with Gasteiger partial charge < -0.3 is 14.4 Å². The highest BCUT2D eigenvalue weighted by Crippen LogP contribution is 2.33. The van der Waals surface area contributed by atoms with Gasteiger partial charge in [0.15, 0.2) is 0 Å². The third kappa shape index (κ3) is 4.08. The number of sulfonamides is 1. The number of aryl methyl sites for hydroxylation is 1. The van der Waals surface area contributed by atoms with E-state index in [1.807, 2.05) is 25.1 Å². The smallest absolute Gasteiger partial charge is 0.271 e. The Balaban J connectivity index is 1.89. The molecule has 0 saturated carbocycles. The van der Waals surface area contributed by atoms with Crippen LogP contribution in [0.15, 0.2) is 34.5 Å². The number of nitrogens with zero attached hydrogens (tertiary/aromatic N) is 1. The Morgan fingerprint density at radius 2 is 2.00 bits per heavy atom. The van der Waals surface area contributed by atoms with Gasteiger partial charge in [0, 0.05) is 23.7 Å². The molecule has 0 radical (unpaired) electrons. The van der Waals surface area contributed by atoms with Gasteiger partial charge in [-0.3, -0.25) is 4.72 Å². The Labute approximate surface area is 152 Å².